The number of aliphatic carboxylic acids is 1. The number of nitrogens with zero attached hydrogens (tertiary/aromatic N) is 3. The van der Waals surface area contributed by atoms with Crippen LogP contribution in [0.15, 0.2) is 0 Å². The van der Waals surface area contributed by atoms with Crippen LogP contribution >= 0.6 is 11.8 Å². The molecule has 0 aromatic carbocycles. The van der Waals surface area contributed by atoms with E-state index in [1.807, 2.05) is 0 Å². The second-order valence-electron chi connectivity index (χ2n) is 4.60. The highest BCUT2D eigenvalue weighted by Crippen LogP contribution is 2.23. The van der Waals surface area contributed by atoms with Crippen LogP contribution in [0.25, 0.3) is 0 Å². The second kappa shape index (κ2) is 5.68. The number of hydrogen-bond acceptors (Lipinski definition) is 4. The van der Waals surface area contributed by atoms with Crippen LogP contribution in [-0.4, -0.2) is 81.6 Å². The molecule has 2 aliphatic rings. The first-order valence-corrected chi connectivity index (χ1v) is 7.28. The van der Waals surface area contributed by atoms with E-state index in [0.29, 0.717) is 37.8 Å². The average molecular weight is 287 g/mol. The van der Waals surface area contributed by atoms with E-state index < -0.39 is 12.0 Å². The molecule has 19 heavy (non-hydrogen) atoms. The summed E-state index contributed by atoms with van der Waals surface area (Å²) in [7, 11) is 0. The van der Waals surface area contributed by atoms with Crippen LogP contribution in [0.4, 0.5) is 4.79 Å². The van der Waals surface area contributed by atoms with Crippen molar-refractivity contribution in [3.8, 4) is 0 Å². The molecule has 3 amide bonds. The Morgan fingerprint density at radius 2 is 1.68 bits per heavy atom. The van der Waals surface area contributed by atoms with E-state index in [1.54, 1.807) is 9.80 Å². The summed E-state index contributed by atoms with van der Waals surface area (Å²) < 4.78 is 0. The Hall–Kier alpha value is -1.44. The minimum Gasteiger partial charge on any atom is -0.480 e. The molecule has 106 valence electrons. The standard InChI is InChI=1S/C11H17N3O4S/c1-8(15)12-2-4-13(5-3-12)11(18)14-7-19-6-9(14)10(16)17/h9H,2-7H2,1H3,(H,16,17). The molecule has 0 aromatic heterocycles. The lowest BCUT2D eigenvalue weighted by Gasteiger charge is -2.36. The quantitative estimate of drug-likeness (QED) is 0.718. The van der Waals surface area contributed by atoms with E-state index in [2.05, 4.69) is 0 Å². The fourth-order valence-corrected chi connectivity index (χ4v) is 3.37. The minimum atomic E-state index is -0.958. The summed E-state index contributed by atoms with van der Waals surface area (Å²) in [5, 5.41) is 9.07. The van der Waals surface area contributed by atoms with Gasteiger partial charge in [-0.3, -0.25) is 4.79 Å². The molecule has 0 spiro atoms. The lowest BCUT2D eigenvalue weighted by atomic mass is 10.3. The topological polar surface area (TPSA) is 81.2 Å². The highest BCUT2D eigenvalue weighted by atomic mass is 32.2. The van der Waals surface area contributed by atoms with Gasteiger partial charge in [-0.15, -0.1) is 11.8 Å². The Kier molecular flexibility index (Phi) is 4.18. The van der Waals surface area contributed by atoms with Gasteiger partial charge in [0.05, 0.1) is 5.88 Å². The van der Waals surface area contributed by atoms with Gasteiger partial charge < -0.3 is 19.8 Å². The van der Waals surface area contributed by atoms with Crippen LogP contribution in [0.1, 0.15) is 6.92 Å². The third-order valence-corrected chi connectivity index (χ3v) is 4.42. The molecule has 8 heteroatoms. The maximum atomic E-state index is 12.3. The molecule has 2 fully saturated rings. The summed E-state index contributed by atoms with van der Waals surface area (Å²) in [6.07, 6.45) is 0. The predicted octanol–water partition coefficient (Wildman–Crippen LogP) is -0.270. The van der Waals surface area contributed by atoms with Crippen molar-refractivity contribution in [2.75, 3.05) is 37.8 Å². The summed E-state index contributed by atoms with van der Waals surface area (Å²) >= 11 is 1.45. The van der Waals surface area contributed by atoms with Crippen molar-refractivity contribution in [2.45, 2.75) is 13.0 Å². The van der Waals surface area contributed by atoms with E-state index in [0.717, 1.165) is 0 Å². The van der Waals surface area contributed by atoms with Gasteiger partial charge in [0.25, 0.3) is 0 Å². The maximum absolute atomic E-state index is 12.3. The number of carbonyl (C=O) groups is 3. The zero-order valence-electron chi connectivity index (χ0n) is 10.7. The molecular weight excluding hydrogens is 270 g/mol. The fraction of sp³-hybridized carbons (Fsp3) is 0.727. The smallest absolute Gasteiger partial charge is 0.327 e. The molecule has 2 rings (SSSR count). The zero-order chi connectivity index (χ0) is 14.0. The Balaban J connectivity index is 1.94. The number of carbonyl (C=O) groups excluding carboxylic acids is 2. The molecule has 0 saturated carbocycles. The molecular formula is C11H17N3O4S. The van der Waals surface area contributed by atoms with Gasteiger partial charge in [-0.2, -0.15) is 0 Å². The number of urea groups is 1. The van der Waals surface area contributed by atoms with Crippen molar-refractivity contribution in [2.24, 2.45) is 0 Å². The van der Waals surface area contributed by atoms with Crippen LogP contribution in [0.2, 0.25) is 0 Å². The molecule has 1 atom stereocenters. The largest absolute Gasteiger partial charge is 0.480 e. The van der Waals surface area contributed by atoms with E-state index in [4.69, 9.17) is 5.11 Å². The van der Waals surface area contributed by atoms with Crippen molar-refractivity contribution in [3.63, 3.8) is 0 Å². The molecule has 2 aliphatic heterocycles. The monoisotopic (exact) mass is 287 g/mol. The Morgan fingerprint density at radius 3 is 2.21 bits per heavy atom. The molecule has 1 N–H and O–H groups in total. The normalized spacial score (nSPS) is 23.6. The SMILES string of the molecule is CC(=O)N1CCN(C(=O)N2CSCC2C(=O)O)CC1. The highest BCUT2D eigenvalue weighted by molar-refractivity contribution is 7.99. The van der Waals surface area contributed by atoms with Crippen molar-refractivity contribution in [1.29, 1.82) is 0 Å². The van der Waals surface area contributed by atoms with Crippen LogP contribution in [0.5, 0.6) is 0 Å². The van der Waals surface area contributed by atoms with Gasteiger partial charge in [0.15, 0.2) is 0 Å². The summed E-state index contributed by atoms with van der Waals surface area (Å²) in [5.41, 5.74) is 0. The Morgan fingerprint density at radius 1 is 1.11 bits per heavy atom. The molecule has 0 bridgehead atoms. The summed E-state index contributed by atoms with van der Waals surface area (Å²) in [5.74, 6) is -0.0926. The van der Waals surface area contributed by atoms with Crippen LogP contribution in [0, 0.1) is 0 Å². The van der Waals surface area contributed by atoms with Crippen molar-refractivity contribution in [1.82, 2.24) is 14.7 Å². The summed E-state index contributed by atoms with van der Waals surface area (Å²) in [6, 6.07) is -0.969. The van der Waals surface area contributed by atoms with Gasteiger partial charge in [-0.1, -0.05) is 0 Å². The Bertz CT molecular complexity index is 395. The maximum Gasteiger partial charge on any atom is 0.327 e. The summed E-state index contributed by atoms with van der Waals surface area (Å²) in [6.45, 7) is 3.46. The number of rotatable bonds is 1. The molecule has 0 aromatic rings. The molecule has 1 unspecified atom stereocenters. The number of thioether (sulfide) groups is 1. The molecule has 0 aliphatic carbocycles. The number of hydrogen-bond donors (Lipinski definition) is 1. The van der Waals surface area contributed by atoms with Crippen LogP contribution in [0.3, 0.4) is 0 Å². The number of piperazine rings is 1. The first kappa shape index (κ1) is 14.0. The number of carboxylic acid groups (broad SMARTS) is 1. The molecule has 2 heterocycles. The second-order valence-corrected chi connectivity index (χ2v) is 5.60. The van der Waals surface area contributed by atoms with E-state index in [1.165, 1.54) is 23.6 Å². The van der Waals surface area contributed by atoms with Crippen molar-refractivity contribution in [3.05, 3.63) is 0 Å². The van der Waals surface area contributed by atoms with E-state index in [9.17, 15) is 14.4 Å². The third-order valence-electron chi connectivity index (χ3n) is 3.41. The predicted molar refractivity (Wildman–Crippen MR) is 69.8 cm³/mol. The van der Waals surface area contributed by atoms with Gasteiger partial charge in [0.2, 0.25) is 5.91 Å². The molecule has 7 nitrogen and oxygen atoms in total. The highest BCUT2D eigenvalue weighted by Gasteiger charge is 2.37. The average Bonchev–Trinajstić information content (AvgIpc) is 2.87. The van der Waals surface area contributed by atoms with Crippen molar-refractivity contribution < 1.29 is 19.5 Å². The van der Waals surface area contributed by atoms with E-state index in [-0.39, 0.29) is 11.9 Å². The van der Waals surface area contributed by atoms with Gasteiger partial charge in [0.1, 0.15) is 6.04 Å². The molecule has 0 radical (unpaired) electrons. The van der Waals surface area contributed by atoms with E-state index >= 15 is 0 Å². The lowest BCUT2D eigenvalue weighted by molar-refractivity contribution is -0.141. The number of amides is 3. The van der Waals surface area contributed by atoms with Crippen LogP contribution in [-0.2, 0) is 9.59 Å². The lowest BCUT2D eigenvalue weighted by Crippen LogP contribution is -2.55. The Labute approximate surface area is 115 Å². The zero-order valence-corrected chi connectivity index (χ0v) is 11.6. The summed E-state index contributed by atoms with van der Waals surface area (Å²) in [4.78, 5) is 39.2. The van der Waals surface area contributed by atoms with Gasteiger partial charge in [-0.05, 0) is 0 Å². The number of carboxylic acids is 1. The molecule has 2 saturated heterocycles. The first-order chi connectivity index (χ1) is 9.00. The minimum absolute atomic E-state index is 0.00670. The van der Waals surface area contributed by atoms with Gasteiger partial charge in [-0.25, -0.2) is 9.59 Å². The van der Waals surface area contributed by atoms with Gasteiger partial charge in [0, 0.05) is 38.9 Å². The third kappa shape index (κ3) is 2.94. The van der Waals surface area contributed by atoms with Crippen LogP contribution < -0.4 is 0 Å². The van der Waals surface area contributed by atoms with Gasteiger partial charge >= 0.3 is 12.0 Å². The fourth-order valence-electron chi connectivity index (χ4n) is 2.23. The first-order valence-electron chi connectivity index (χ1n) is 6.12. The van der Waals surface area contributed by atoms with Crippen molar-refractivity contribution >= 4 is 29.7 Å².